The first-order chi connectivity index (χ1) is 6.24. The molecule has 0 saturated carbocycles. The van der Waals surface area contributed by atoms with Gasteiger partial charge in [-0.1, -0.05) is 15.9 Å². The number of nitrogens with one attached hydrogen (secondary N) is 1. The van der Waals surface area contributed by atoms with Gasteiger partial charge in [0.15, 0.2) is 0 Å². The lowest BCUT2D eigenvalue weighted by Crippen LogP contribution is -2.33. The topological polar surface area (TPSA) is 55.4 Å². The van der Waals surface area contributed by atoms with E-state index in [9.17, 15) is 9.59 Å². The number of carbonyl (C=O) groups is 2. The number of alkyl halides is 1. The van der Waals surface area contributed by atoms with E-state index >= 15 is 0 Å². The van der Waals surface area contributed by atoms with E-state index in [-0.39, 0.29) is 12.5 Å². The van der Waals surface area contributed by atoms with Crippen LogP contribution in [-0.4, -0.2) is 29.9 Å². The van der Waals surface area contributed by atoms with Crippen LogP contribution >= 0.6 is 15.9 Å². The quantitative estimate of drug-likeness (QED) is 0.452. The van der Waals surface area contributed by atoms with Crippen LogP contribution in [0.25, 0.3) is 0 Å². The molecule has 0 unspecified atom stereocenters. The minimum absolute atomic E-state index is 0.235. The summed E-state index contributed by atoms with van der Waals surface area (Å²) in [6.45, 7) is 0.826. The average molecular weight is 250 g/mol. The van der Waals surface area contributed by atoms with E-state index in [2.05, 4.69) is 26.0 Å². The third kappa shape index (κ3) is 3.44. The van der Waals surface area contributed by atoms with Crippen molar-refractivity contribution in [2.75, 3.05) is 11.9 Å². The predicted octanol–water partition coefficient (Wildman–Crippen LogP) is 0.593. The highest BCUT2D eigenvalue weighted by Crippen LogP contribution is 2.07. The standard InChI is InChI=1S/C8H12BrNO3/c9-4-3-7(11)13-8(12)6-2-1-5-10-6/h6,10H,1-5H2/t6-/m0/s1. The molecule has 0 aliphatic carbocycles. The first-order valence-corrected chi connectivity index (χ1v) is 5.40. The number of halogens is 1. The fraction of sp³-hybridized carbons (Fsp3) is 0.750. The molecule has 5 heteroatoms. The summed E-state index contributed by atoms with van der Waals surface area (Å²) in [6, 6.07) is -0.278. The number of hydrogen-bond donors (Lipinski definition) is 1. The fourth-order valence-electron chi connectivity index (χ4n) is 1.20. The third-order valence-corrected chi connectivity index (χ3v) is 2.25. The molecule has 0 aromatic carbocycles. The van der Waals surface area contributed by atoms with Gasteiger partial charge >= 0.3 is 11.9 Å². The molecule has 1 fully saturated rings. The summed E-state index contributed by atoms with van der Waals surface area (Å²) >= 11 is 3.10. The smallest absolute Gasteiger partial charge is 0.330 e. The SMILES string of the molecule is O=C(CCBr)OC(=O)[C@@H]1CCCN1. The Kier molecular flexibility index (Phi) is 4.38. The zero-order valence-corrected chi connectivity index (χ0v) is 8.80. The largest absolute Gasteiger partial charge is 0.392 e. The Hall–Kier alpha value is -0.420. The van der Waals surface area contributed by atoms with Gasteiger partial charge in [-0.15, -0.1) is 0 Å². The van der Waals surface area contributed by atoms with Gasteiger partial charge in [-0.05, 0) is 19.4 Å². The maximum atomic E-state index is 11.2. The lowest BCUT2D eigenvalue weighted by atomic mass is 10.2. The molecule has 13 heavy (non-hydrogen) atoms. The van der Waals surface area contributed by atoms with E-state index in [0.29, 0.717) is 5.33 Å². The first kappa shape index (κ1) is 10.7. The highest BCUT2D eigenvalue weighted by atomic mass is 79.9. The molecular weight excluding hydrogens is 238 g/mol. The molecule has 4 nitrogen and oxygen atoms in total. The zero-order valence-electron chi connectivity index (χ0n) is 7.22. The normalized spacial score (nSPS) is 21.5. The summed E-state index contributed by atoms with van der Waals surface area (Å²) in [5.41, 5.74) is 0. The molecule has 1 aliphatic rings. The summed E-state index contributed by atoms with van der Waals surface area (Å²) in [7, 11) is 0. The van der Waals surface area contributed by atoms with Crippen LogP contribution in [0.15, 0.2) is 0 Å². The van der Waals surface area contributed by atoms with Gasteiger partial charge in [0.1, 0.15) is 6.04 Å². The number of hydrogen-bond acceptors (Lipinski definition) is 4. The monoisotopic (exact) mass is 249 g/mol. The number of esters is 2. The molecule has 0 spiro atoms. The van der Waals surface area contributed by atoms with Crippen molar-refractivity contribution >= 4 is 27.9 Å². The zero-order chi connectivity index (χ0) is 9.68. The highest BCUT2D eigenvalue weighted by Gasteiger charge is 2.25. The molecule has 1 heterocycles. The second-order valence-electron chi connectivity index (χ2n) is 2.88. The fourth-order valence-corrected chi connectivity index (χ4v) is 1.52. The Balaban J connectivity index is 2.27. The lowest BCUT2D eigenvalue weighted by Gasteiger charge is -2.07. The van der Waals surface area contributed by atoms with Crippen LogP contribution in [0.1, 0.15) is 19.3 Å². The number of rotatable bonds is 3. The van der Waals surface area contributed by atoms with Crippen LogP contribution < -0.4 is 5.32 Å². The summed E-state index contributed by atoms with van der Waals surface area (Å²) in [5.74, 6) is -0.904. The van der Waals surface area contributed by atoms with Crippen molar-refractivity contribution in [1.29, 1.82) is 0 Å². The van der Waals surface area contributed by atoms with Gasteiger partial charge in [0, 0.05) is 5.33 Å². The van der Waals surface area contributed by atoms with Gasteiger partial charge in [-0.3, -0.25) is 4.79 Å². The summed E-state index contributed by atoms with van der Waals surface area (Å²) < 4.78 is 4.60. The molecule has 1 saturated heterocycles. The Morgan fingerprint density at radius 3 is 2.85 bits per heavy atom. The minimum Gasteiger partial charge on any atom is -0.392 e. The average Bonchev–Trinajstić information content (AvgIpc) is 2.55. The Bertz CT molecular complexity index is 202. The molecule has 1 N–H and O–H groups in total. The molecule has 1 rings (SSSR count). The summed E-state index contributed by atoms with van der Waals surface area (Å²) in [6.07, 6.45) is 1.96. The van der Waals surface area contributed by atoms with Crippen molar-refractivity contribution in [3.8, 4) is 0 Å². The molecule has 0 aromatic heterocycles. The lowest BCUT2D eigenvalue weighted by molar-refractivity contribution is -0.160. The van der Waals surface area contributed by atoms with Gasteiger partial charge in [0.05, 0.1) is 6.42 Å². The van der Waals surface area contributed by atoms with Crippen LogP contribution in [0.3, 0.4) is 0 Å². The summed E-state index contributed by atoms with van der Waals surface area (Å²) in [5, 5.41) is 3.49. The molecule has 1 atom stereocenters. The molecule has 0 bridgehead atoms. The van der Waals surface area contributed by atoms with E-state index in [0.717, 1.165) is 19.4 Å². The van der Waals surface area contributed by atoms with Crippen molar-refractivity contribution in [3.63, 3.8) is 0 Å². The highest BCUT2D eigenvalue weighted by molar-refractivity contribution is 9.09. The van der Waals surface area contributed by atoms with Crippen molar-refractivity contribution in [2.24, 2.45) is 0 Å². The van der Waals surface area contributed by atoms with Crippen LogP contribution in [0.2, 0.25) is 0 Å². The van der Waals surface area contributed by atoms with Crippen LogP contribution in [0, 0.1) is 0 Å². The molecule has 74 valence electrons. The van der Waals surface area contributed by atoms with Crippen molar-refractivity contribution in [2.45, 2.75) is 25.3 Å². The van der Waals surface area contributed by atoms with E-state index in [4.69, 9.17) is 0 Å². The van der Waals surface area contributed by atoms with Gasteiger partial charge in [0.25, 0.3) is 0 Å². The Morgan fingerprint density at radius 2 is 2.31 bits per heavy atom. The van der Waals surface area contributed by atoms with E-state index in [1.165, 1.54) is 0 Å². The summed E-state index contributed by atoms with van der Waals surface area (Å²) in [4.78, 5) is 22.1. The van der Waals surface area contributed by atoms with Crippen LogP contribution in [0.5, 0.6) is 0 Å². The first-order valence-electron chi connectivity index (χ1n) is 4.28. The third-order valence-electron chi connectivity index (χ3n) is 1.86. The van der Waals surface area contributed by atoms with Crippen LogP contribution in [0.4, 0.5) is 0 Å². The van der Waals surface area contributed by atoms with Crippen molar-refractivity contribution < 1.29 is 14.3 Å². The maximum absolute atomic E-state index is 11.2. The Morgan fingerprint density at radius 1 is 1.54 bits per heavy atom. The van der Waals surface area contributed by atoms with E-state index < -0.39 is 11.9 Å². The van der Waals surface area contributed by atoms with Gasteiger partial charge < -0.3 is 10.1 Å². The molecule has 0 amide bonds. The second kappa shape index (κ2) is 5.34. The van der Waals surface area contributed by atoms with Crippen molar-refractivity contribution in [3.05, 3.63) is 0 Å². The molecule has 0 radical (unpaired) electrons. The maximum Gasteiger partial charge on any atom is 0.330 e. The van der Waals surface area contributed by atoms with Crippen LogP contribution in [-0.2, 0) is 14.3 Å². The molecule has 0 aromatic rings. The van der Waals surface area contributed by atoms with Gasteiger partial charge in [-0.2, -0.15) is 0 Å². The van der Waals surface area contributed by atoms with E-state index in [1.54, 1.807) is 0 Å². The minimum atomic E-state index is -0.462. The van der Waals surface area contributed by atoms with Gasteiger partial charge in [0.2, 0.25) is 0 Å². The second-order valence-corrected chi connectivity index (χ2v) is 3.67. The predicted molar refractivity (Wildman–Crippen MR) is 50.5 cm³/mol. The van der Waals surface area contributed by atoms with E-state index in [1.807, 2.05) is 0 Å². The Labute approximate surface area is 85.1 Å². The molecular formula is C8H12BrNO3. The molecule has 1 aliphatic heterocycles. The number of ether oxygens (including phenoxy) is 1. The van der Waals surface area contributed by atoms with Gasteiger partial charge in [-0.25, -0.2) is 4.79 Å². The van der Waals surface area contributed by atoms with Crippen molar-refractivity contribution in [1.82, 2.24) is 5.32 Å². The number of carbonyl (C=O) groups excluding carboxylic acids is 2.